The third-order valence-electron chi connectivity index (χ3n) is 6.76. The summed E-state index contributed by atoms with van der Waals surface area (Å²) in [5.74, 6) is 2.93. The van der Waals surface area contributed by atoms with E-state index in [0.717, 1.165) is 29.9 Å². The quantitative estimate of drug-likeness (QED) is 0.651. The van der Waals surface area contributed by atoms with Crippen LogP contribution in [0.2, 0.25) is 0 Å². The van der Waals surface area contributed by atoms with Crippen molar-refractivity contribution >= 4 is 5.69 Å². The zero-order valence-electron chi connectivity index (χ0n) is 13.8. The van der Waals surface area contributed by atoms with Gasteiger partial charge >= 0.3 is 0 Å². The lowest BCUT2D eigenvalue weighted by Gasteiger charge is -2.59. The minimum Gasteiger partial charge on any atom is -0.310 e. The Morgan fingerprint density at radius 2 is 1.65 bits per heavy atom. The number of non-ortho nitro benzene ring substituents is 1. The van der Waals surface area contributed by atoms with Crippen molar-refractivity contribution in [1.82, 2.24) is 5.32 Å². The first-order chi connectivity index (χ1) is 11.0. The van der Waals surface area contributed by atoms with Gasteiger partial charge in [-0.25, -0.2) is 0 Å². The van der Waals surface area contributed by atoms with Crippen molar-refractivity contribution in [2.75, 3.05) is 0 Å². The van der Waals surface area contributed by atoms with Crippen LogP contribution in [0, 0.1) is 33.3 Å². The first kappa shape index (κ1) is 15.1. The van der Waals surface area contributed by atoms with E-state index in [1.54, 1.807) is 12.1 Å². The Hall–Kier alpha value is -1.42. The van der Waals surface area contributed by atoms with Crippen molar-refractivity contribution < 1.29 is 4.92 Å². The molecule has 0 saturated heterocycles. The first-order valence-electron chi connectivity index (χ1n) is 9.01. The maximum atomic E-state index is 10.7. The number of nitrogens with zero attached hydrogens (tertiary/aromatic N) is 1. The Balaban J connectivity index is 1.40. The molecule has 4 aliphatic rings. The highest BCUT2D eigenvalue weighted by Crippen LogP contribution is 2.61. The summed E-state index contributed by atoms with van der Waals surface area (Å²) >= 11 is 0. The molecular weight excluding hydrogens is 288 g/mol. The van der Waals surface area contributed by atoms with Crippen LogP contribution in [-0.4, -0.2) is 11.0 Å². The lowest BCUT2D eigenvalue weighted by molar-refractivity contribution is -0.384. The summed E-state index contributed by atoms with van der Waals surface area (Å²) in [6.07, 6.45) is 8.67. The number of hydrogen-bond donors (Lipinski definition) is 1. The van der Waals surface area contributed by atoms with E-state index in [4.69, 9.17) is 0 Å². The van der Waals surface area contributed by atoms with Gasteiger partial charge in [0.2, 0.25) is 0 Å². The van der Waals surface area contributed by atoms with Crippen LogP contribution in [-0.2, 0) is 6.54 Å². The van der Waals surface area contributed by atoms with Gasteiger partial charge in [-0.1, -0.05) is 12.1 Å². The summed E-state index contributed by atoms with van der Waals surface area (Å²) in [5, 5.41) is 14.5. The molecule has 23 heavy (non-hydrogen) atoms. The second-order valence-electron chi connectivity index (χ2n) is 8.31. The Kier molecular flexibility index (Phi) is 3.67. The molecule has 1 atom stereocenters. The molecule has 0 spiro atoms. The fraction of sp³-hybridized carbons (Fsp3) is 0.684. The lowest BCUT2D eigenvalue weighted by atomic mass is 9.48. The zero-order chi connectivity index (χ0) is 16.0. The Morgan fingerprint density at radius 1 is 1.13 bits per heavy atom. The molecule has 0 aliphatic heterocycles. The molecule has 1 aromatic rings. The Bertz CT molecular complexity index is 561. The zero-order valence-corrected chi connectivity index (χ0v) is 13.8. The molecule has 1 aromatic carbocycles. The van der Waals surface area contributed by atoms with Gasteiger partial charge in [-0.05, 0) is 74.2 Å². The van der Waals surface area contributed by atoms with Crippen LogP contribution in [0.5, 0.6) is 0 Å². The number of nitro benzene ring substituents is 1. The largest absolute Gasteiger partial charge is 0.310 e. The van der Waals surface area contributed by atoms with Crippen LogP contribution in [0.25, 0.3) is 0 Å². The van der Waals surface area contributed by atoms with Gasteiger partial charge in [0.1, 0.15) is 0 Å². The average Bonchev–Trinajstić information content (AvgIpc) is 2.51. The molecule has 4 fully saturated rings. The summed E-state index contributed by atoms with van der Waals surface area (Å²) in [4.78, 5) is 10.4. The summed E-state index contributed by atoms with van der Waals surface area (Å²) in [7, 11) is 0. The van der Waals surface area contributed by atoms with E-state index >= 15 is 0 Å². The molecule has 4 saturated carbocycles. The fourth-order valence-electron chi connectivity index (χ4n) is 5.93. The molecule has 4 nitrogen and oxygen atoms in total. The van der Waals surface area contributed by atoms with E-state index < -0.39 is 0 Å². The minimum atomic E-state index is -0.338. The molecule has 124 valence electrons. The highest BCUT2D eigenvalue weighted by Gasteiger charge is 2.52. The van der Waals surface area contributed by atoms with Gasteiger partial charge in [-0.3, -0.25) is 10.1 Å². The third kappa shape index (κ3) is 2.78. The fourth-order valence-corrected chi connectivity index (χ4v) is 5.93. The van der Waals surface area contributed by atoms with Gasteiger partial charge in [-0.2, -0.15) is 0 Å². The average molecular weight is 314 g/mol. The van der Waals surface area contributed by atoms with Crippen LogP contribution in [0.4, 0.5) is 5.69 Å². The van der Waals surface area contributed by atoms with E-state index in [0.29, 0.717) is 11.5 Å². The van der Waals surface area contributed by atoms with Crippen molar-refractivity contribution in [1.29, 1.82) is 0 Å². The van der Waals surface area contributed by atoms with Crippen molar-refractivity contribution in [2.45, 2.75) is 58.0 Å². The third-order valence-corrected chi connectivity index (χ3v) is 6.76. The highest BCUT2D eigenvalue weighted by molar-refractivity contribution is 5.32. The van der Waals surface area contributed by atoms with Gasteiger partial charge in [0.25, 0.3) is 5.69 Å². The van der Waals surface area contributed by atoms with E-state index in [2.05, 4.69) is 12.2 Å². The number of hydrogen-bond acceptors (Lipinski definition) is 3. The first-order valence-corrected chi connectivity index (χ1v) is 9.01. The van der Waals surface area contributed by atoms with Crippen molar-refractivity contribution in [3.05, 3.63) is 39.9 Å². The molecule has 5 rings (SSSR count). The standard InChI is InChI=1S/C19H26N2O2/c1-13(20-12-14-2-4-18(5-3-14)21(22)23)19-9-15-6-16(10-19)8-17(7-15)11-19/h2-5,13,15-17,20H,6-12H2,1H3/t13-,15?,16?,17?,19?/m0/s1. The summed E-state index contributed by atoms with van der Waals surface area (Å²) in [5.41, 5.74) is 1.81. The molecule has 0 aromatic heterocycles. The van der Waals surface area contributed by atoms with Crippen LogP contribution in [0.15, 0.2) is 24.3 Å². The molecule has 4 aliphatic carbocycles. The molecule has 4 heteroatoms. The number of benzene rings is 1. The van der Waals surface area contributed by atoms with Crippen molar-refractivity contribution in [3.63, 3.8) is 0 Å². The molecule has 1 N–H and O–H groups in total. The number of rotatable bonds is 5. The molecule has 0 amide bonds. The summed E-state index contributed by atoms with van der Waals surface area (Å²) in [6.45, 7) is 3.17. The van der Waals surface area contributed by atoms with Gasteiger partial charge in [0.15, 0.2) is 0 Å². The molecule has 4 bridgehead atoms. The maximum absolute atomic E-state index is 10.7. The smallest absolute Gasteiger partial charge is 0.269 e. The summed E-state index contributed by atoms with van der Waals surface area (Å²) in [6, 6.07) is 7.49. The van der Waals surface area contributed by atoms with Crippen molar-refractivity contribution in [3.8, 4) is 0 Å². The summed E-state index contributed by atoms with van der Waals surface area (Å²) < 4.78 is 0. The van der Waals surface area contributed by atoms with Crippen LogP contribution in [0.1, 0.15) is 51.0 Å². The molecule has 0 heterocycles. The van der Waals surface area contributed by atoms with Crippen LogP contribution >= 0.6 is 0 Å². The minimum absolute atomic E-state index is 0.169. The predicted molar refractivity (Wildman–Crippen MR) is 90.0 cm³/mol. The molecule has 0 unspecified atom stereocenters. The maximum Gasteiger partial charge on any atom is 0.269 e. The predicted octanol–water partition coefficient (Wildman–Crippen LogP) is 4.29. The van der Waals surface area contributed by atoms with E-state index in [1.165, 1.54) is 38.5 Å². The monoisotopic (exact) mass is 314 g/mol. The molecular formula is C19H26N2O2. The van der Waals surface area contributed by atoms with E-state index in [-0.39, 0.29) is 10.6 Å². The second-order valence-corrected chi connectivity index (χ2v) is 8.31. The van der Waals surface area contributed by atoms with E-state index in [9.17, 15) is 10.1 Å². The lowest BCUT2D eigenvalue weighted by Crippen LogP contribution is -2.54. The number of nitrogens with one attached hydrogen (secondary N) is 1. The van der Waals surface area contributed by atoms with E-state index in [1.807, 2.05) is 12.1 Å². The normalized spacial score (nSPS) is 36.1. The van der Waals surface area contributed by atoms with Crippen LogP contribution in [0.3, 0.4) is 0 Å². The number of nitro groups is 1. The van der Waals surface area contributed by atoms with Gasteiger partial charge in [0, 0.05) is 24.7 Å². The Labute approximate surface area is 137 Å². The van der Waals surface area contributed by atoms with Gasteiger partial charge in [-0.15, -0.1) is 0 Å². The SMILES string of the molecule is C[C@H](NCc1ccc([N+](=O)[O-])cc1)C12CC3CC(CC(C3)C1)C2. The molecule has 0 radical (unpaired) electrons. The van der Waals surface area contributed by atoms with Gasteiger partial charge < -0.3 is 5.32 Å². The van der Waals surface area contributed by atoms with Crippen LogP contribution < -0.4 is 5.32 Å². The van der Waals surface area contributed by atoms with Crippen molar-refractivity contribution in [2.24, 2.45) is 23.2 Å². The Morgan fingerprint density at radius 3 is 2.13 bits per heavy atom. The van der Waals surface area contributed by atoms with Gasteiger partial charge in [0.05, 0.1) is 4.92 Å². The highest BCUT2D eigenvalue weighted by atomic mass is 16.6. The topological polar surface area (TPSA) is 55.2 Å². The second kappa shape index (κ2) is 5.59.